The van der Waals surface area contributed by atoms with E-state index < -0.39 is 0 Å². The van der Waals surface area contributed by atoms with Gasteiger partial charge in [-0.3, -0.25) is 4.79 Å². The second-order valence-corrected chi connectivity index (χ2v) is 7.13. The highest BCUT2D eigenvalue weighted by Gasteiger charge is 2.42. The van der Waals surface area contributed by atoms with Crippen molar-refractivity contribution in [3.05, 3.63) is 0 Å². The lowest BCUT2D eigenvalue weighted by molar-refractivity contribution is -0.132. The Labute approximate surface area is 116 Å². The van der Waals surface area contributed by atoms with Gasteiger partial charge in [-0.1, -0.05) is 19.8 Å². The van der Waals surface area contributed by atoms with Gasteiger partial charge in [-0.2, -0.15) is 0 Å². The van der Waals surface area contributed by atoms with Crippen LogP contribution in [0.5, 0.6) is 0 Å². The number of carbonyl (C=O) groups excluding carboxylic acids is 1. The number of hydrogen-bond donors (Lipinski definition) is 2. The highest BCUT2D eigenvalue weighted by molar-refractivity contribution is 5.82. The number of rotatable bonds is 2. The molecule has 3 N–H and O–H groups in total. The Morgan fingerprint density at radius 1 is 1.42 bits per heavy atom. The summed E-state index contributed by atoms with van der Waals surface area (Å²) < 4.78 is 0. The minimum Gasteiger partial charge on any atom is -0.341 e. The molecule has 4 nitrogen and oxygen atoms in total. The van der Waals surface area contributed by atoms with Crippen LogP contribution in [0.15, 0.2) is 0 Å². The van der Waals surface area contributed by atoms with Crippen LogP contribution in [-0.2, 0) is 4.79 Å². The average molecular weight is 265 g/mol. The van der Waals surface area contributed by atoms with Gasteiger partial charge in [-0.25, -0.2) is 0 Å². The van der Waals surface area contributed by atoms with Gasteiger partial charge in [0.25, 0.3) is 0 Å². The molecule has 3 fully saturated rings. The number of nitrogens with one attached hydrogen (secondary N) is 1. The summed E-state index contributed by atoms with van der Waals surface area (Å²) in [6.07, 6.45) is 7.34. The number of amides is 1. The van der Waals surface area contributed by atoms with Crippen LogP contribution in [0.1, 0.15) is 45.4 Å². The van der Waals surface area contributed by atoms with Crippen molar-refractivity contribution in [1.29, 1.82) is 0 Å². The molecule has 4 unspecified atom stereocenters. The third-order valence-electron chi connectivity index (χ3n) is 5.52. The smallest absolute Gasteiger partial charge is 0.239 e. The number of nitrogens with two attached hydrogens (primary N) is 1. The van der Waals surface area contributed by atoms with E-state index in [1.54, 1.807) is 0 Å². The number of hydrogen-bond acceptors (Lipinski definition) is 3. The van der Waals surface area contributed by atoms with Crippen molar-refractivity contribution in [2.75, 3.05) is 19.6 Å². The molecule has 3 rings (SSSR count). The Hall–Kier alpha value is -0.610. The summed E-state index contributed by atoms with van der Waals surface area (Å²) in [4.78, 5) is 14.7. The Morgan fingerprint density at radius 2 is 2.21 bits per heavy atom. The second kappa shape index (κ2) is 5.06. The van der Waals surface area contributed by atoms with Crippen molar-refractivity contribution in [2.45, 2.75) is 57.5 Å². The fourth-order valence-electron chi connectivity index (χ4n) is 4.11. The Morgan fingerprint density at radius 3 is 2.89 bits per heavy atom. The molecule has 1 aliphatic carbocycles. The van der Waals surface area contributed by atoms with Crippen molar-refractivity contribution in [2.24, 2.45) is 17.1 Å². The molecular weight excluding hydrogens is 238 g/mol. The minimum atomic E-state index is 0.0771. The van der Waals surface area contributed by atoms with Crippen LogP contribution in [0.25, 0.3) is 0 Å². The van der Waals surface area contributed by atoms with Gasteiger partial charge in [-0.15, -0.1) is 0 Å². The Kier molecular flexibility index (Phi) is 3.56. The molecule has 4 heteroatoms. The van der Waals surface area contributed by atoms with E-state index in [4.69, 9.17) is 5.73 Å². The minimum absolute atomic E-state index is 0.0771. The molecule has 108 valence electrons. The maximum absolute atomic E-state index is 12.6. The van der Waals surface area contributed by atoms with Crippen LogP contribution in [0.4, 0.5) is 0 Å². The molecule has 0 bridgehead atoms. The van der Waals surface area contributed by atoms with Crippen molar-refractivity contribution < 1.29 is 4.79 Å². The lowest BCUT2D eigenvalue weighted by atomic mass is 9.85. The van der Waals surface area contributed by atoms with E-state index in [0.717, 1.165) is 31.8 Å². The molecule has 0 aromatic heterocycles. The second-order valence-electron chi connectivity index (χ2n) is 7.13. The summed E-state index contributed by atoms with van der Waals surface area (Å²) in [5, 5.41) is 3.59. The molecule has 19 heavy (non-hydrogen) atoms. The molecule has 0 radical (unpaired) electrons. The summed E-state index contributed by atoms with van der Waals surface area (Å²) in [7, 11) is 0. The molecule has 0 aromatic rings. The monoisotopic (exact) mass is 265 g/mol. The summed E-state index contributed by atoms with van der Waals surface area (Å²) in [5.74, 6) is 1.07. The molecule has 0 aromatic carbocycles. The molecule has 4 atom stereocenters. The van der Waals surface area contributed by atoms with Gasteiger partial charge in [0.2, 0.25) is 5.91 Å². The van der Waals surface area contributed by atoms with Crippen LogP contribution >= 0.6 is 0 Å². The predicted molar refractivity (Wildman–Crippen MR) is 75.6 cm³/mol. The molecule has 3 aliphatic rings. The van der Waals surface area contributed by atoms with Gasteiger partial charge in [0.15, 0.2) is 0 Å². The van der Waals surface area contributed by atoms with E-state index in [9.17, 15) is 4.79 Å². The first kappa shape index (κ1) is 13.4. The van der Waals surface area contributed by atoms with Crippen LogP contribution in [0.2, 0.25) is 0 Å². The first-order chi connectivity index (χ1) is 9.11. The molecular formula is C15H27N3O. The van der Waals surface area contributed by atoms with Gasteiger partial charge >= 0.3 is 0 Å². The summed E-state index contributed by atoms with van der Waals surface area (Å²) in [5.41, 5.74) is 5.97. The molecule has 1 amide bonds. The number of likely N-dealkylation sites (tertiary alicyclic amines) is 1. The fourth-order valence-corrected chi connectivity index (χ4v) is 4.11. The van der Waals surface area contributed by atoms with Crippen molar-refractivity contribution in [3.63, 3.8) is 0 Å². The quantitative estimate of drug-likeness (QED) is 0.786. The standard InChI is InChI=1S/C15H27N3O/c1-15(9-16)6-7-18(10-15)14(19)13-8-11-4-2-3-5-12(11)17-13/h11-13,17H,2-10,16H2,1H3. The lowest BCUT2D eigenvalue weighted by Crippen LogP contribution is -2.45. The molecule has 2 heterocycles. The number of nitrogens with zero attached hydrogens (tertiary/aromatic N) is 1. The number of fused-ring (bicyclic) bond motifs is 1. The lowest BCUT2D eigenvalue weighted by Gasteiger charge is -2.25. The maximum atomic E-state index is 12.6. The molecule has 0 spiro atoms. The Balaban J connectivity index is 1.60. The number of carbonyl (C=O) groups is 1. The van der Waals surface area contributed by atoms with E-state index in [0.29, 0.717) is 18.5 Å². The zero-order valence-electron chi connectivity index (χ0n) is 12.0. The third kappa shape index (κ3) is 2.52. The zero-order valence-corrected chi connectivity index (χ0v) is 12.0. The first-order valence-corrected chi connectivity index (χ1v) is 7.86. The zero-order chi connectivity index (χ0) is 13.5. The van der Waals surface area contributed by atoms with Gasteiger partial charge in [0.1, 0.15) is 0 Å². The maximum Gasteiger partial charge on any atom is 0.239 e. The molecule has 1 saturated carbocycles. The highest BCUT2D eigenvalue weighted by atomic mass is 16.2. The van der Waals surface area contributed by atoms with Crippen molar-refractivity contribution in [1.82, 2.24) is 10.2 Å². The van der Waals surface area contributed by atoms with E-state index >= 15 is 0 Å². The van der Waals surface area contributed by atoms with E-state index in [2.05, 4.69) is 12.2 Å². The highest BCUT2D eigenvalue weighted by Crippen LogP contribution is 2.35. The van der Waals surface area contributed by atoms with Crippen molar-refractivity contribution >= 4 is 5.91 Å². The van der Waals surface area contributed by atoms with Crippen LogP contribution in [0.3, 0.4) is 0 Å². The van der Waals surface area contributed by atoms with E-state index in [1.807, 2.05) is 4.90 Å². The summed E-state index contributed by atoms with van der Waals surface area (Å²) in [6.45, 7) is 4.61. The third-order valence-corrected chi connectivity index (χ3v) is 5.52. The topological polar surface area (TPSA) is 58.4 Å². The van der Waals surface area contributed by atoms with E-state index in [1.165, 1.54) is 25.7 Å². The van der Waals surface area contributed by atoms with Crippen LogP contribution in [-0.4, -0.2) is 42.5 Å². The SMILES string of the molecule is CC1(CN)CCN(C(=O)C2CC3CCCCC3N2)C1. The van der Waals surface area contributed by atoms with Crippen LogP contribution < -0.4 is 11.1 Å². The van der Waals surface area contributed by atoms with E-state index in [-0.39, 0.29) is 11.5 Å². The average Bonchev–Trinajstić information content (AvgIpc) is 3.02. The van der Waals surface area contributed by atoms with Crippen LogP contribution in [0, 0.1) is 11.3 Å². The van der Waals surface area contributed by atoms with Crippen molar-refractivity contribution in [3.8, 4) is 0 Å². The Bertz CT molecular complexity index is 345. The first-order valence-electron chi connectivity index (χ1n) is 7.86. The summed E-state index contributed by atoms with van der Waals surface area (Å²) in [6, 6.07) is 0.680. The van der Waals surface area contributed by atoms with Gasteiger partial charge in [0.05, 0.1) is 6.04 Å². The van der Waals surface area contributed by atoms with Gasteiger partial charge in [0, 0.05) is 19.1 Å². The molecule has 2 aliphatic heterocycles. The largest absolute Gasteiger partial charge is 0.341 e. The van der Waals surface area contributed by atoms with Gasteiger partial charge < -0.3 is 16.0 Å². The summed E-state index contributed by atoms with van der Waals surface area (Å²) >= 11 is 0. The fraction of sp³-hybridized carbons (Fsp3) is 0.933. The normalized spacial score (nSPS) is 42.4. The van der Waals surface area contributed by atoms with Gasteiger partial charge in [-0.05, 0) is 43.6 Å². The predicted octanol–water partition coefficient (Wildman–Crippen LogP) is 1.10. The molecule has 2 saturated heterocycles.